The molecule has 4 aliphatic rings. The van der Waals surface area contributed by atoms with Crippen LogP contribution < -0.4 is 21.3 Å². The minimum atomic E-state index is -0.399. The highest BCUT2D eigenvalue weighted by molar-refractivity contribution is 6.35. The number of fused-ring (bicyclic) bond motifs is 2. The molecular weight excluding hydrogens is 731 g/mol. The number of rotatable bonds is 9. The number of aryl methyl sites for hydroxylation is 3. The van der Waals surface area contributed by atoms with Crippen molar-refractivity contribution < 1.29 is 28.0 Å². The first-order valence-electron chi connectivity index (χ1n) is 19.6. The van der Waals surface area contributed by atoms with Crippen molar-refractivity contribution in [2.24, 2.45) is 0 Å². The lowest BCUT2D eigenvalue weighted by Gasteiger charge is -2.14. The molecule has 14 heteroatoms. The maximum absolute atomic E-state index is 13.7. The summed E-state index contributed by atoms with van der Waals surface area (Å²) in [6, 6.07) is 8.51. The first-order chi connectivity index (χ1) is 27.4. The van der Waals surface area contributed by atoms with E-state index in [1.165, 1.54) is 63.0 Å². The topological polar surface area (TPSA) is 154 Å². The number of hydrogen-bond acceptors (Lipinski definition) is 6. The van der Waals surface area contributed by atoms with E-state index in [1.54, 1.807) is 18.2 Å². The van der Waals surface area contributed by atoms with E-state index in [4.69, 9.17) is 0 Å². The Kier molecular flexibility index (Phi) is 13.4. The number of anilines is 2. The molecule has 4 amide bonds. The summed E-state index contributed by atoms with van der Waals surface area (Å²) >= 11 is 0. The Labute approximate surface area is 331 Å². The van der Waals surface area contributed by atoms with E-state index in [0.29, 0.717) is 41.0 Å². The Morgan fingerprint density at radius 1 is 0.754 bits per heavy atom. The van der Waals surface area contributed by atoms with Gasteiger partial charge < -0.3 is 41.0 Å². The summed E-state index contributed by atoms with van der Waals surface area (Å²) in [4.78, 5) is 58.8. The fourth-order valence-electron chi connectivity index (χ4n) is 7.76. The molecule has 0 unspecified atom stereocenters. The lowest BCUT2D eigenvalue weighted by molar-refractivity contribution is -0.115. The zero-order chi connectivity index (χ0) is 40.6. The molecule has 4 aromatic rings. The van der Waals surface area contributed by atoms with E-state index in [0.717, 1.165) is 72.1 Å². The van der Waals surface area contributed by atoms with Crippen LogP contribution in [0.15, 0.2) is 42.6 Å². The van der Waals surface area contributed by atoms with Gasteiger partial charge in [0.15, 0.2) is 0 Å². The predicted octanol–water partition coefficient (Wildman–Crippen LogP) is 5.87. The molecule has 12 nitrogen and oxygen atoms in total. The maximum atomic E-state index is 13.7. The van der Waals surface area contributed by atoms with Crippen molar-refractivity contribution in [3.63, 3.8) is 0 Å². The van der Waals surface area contributed by atoms with Gasteiger partial charge in [-0.05, 0) is 139 Å². The van der Waals surface area contributed by atoms with E-state index in [9.17, 15) is 28.0 Å². The summed E-state index contributed by atoms with van der Waals surface area (Å²) in [6.45, 7) is 15.3. The van der Waals surface area contributed by atoms with E-state index >= 15 is 0 Å². The standard InChI is InChI=1S/C22H25FN4O2.C13H21N3O.C8H6FNO/c1-13-19(12-17-16-11-15(23)5-6-18(16)26-21(17)28)25-14(2)20(13)22(29)24-7-10-27-8-3-4-9-27;1-10-9-15-11(2)12(10)13(17)14-5-8-16-6-3-4-7-16;9-6-1-2-7-5(3-6)4-8(11)10-7/h5-6,11-12,25H,3-4,7-10H2,1-2H3,(H,24,29)(H,26,28);9,15H,3-8H2,1-2H3,(H,14,17);1-3H,4H2,(H,10,11)/b17-12-;;. The van der Waals surface area contributed by atoms with Crippen LogP contribution in [0.1, 0.15) is 85.7 Å². The van der Waals surface area contributed by atoms with Gasteiger partial charge in [-0.15, -0.1) is 0 Å². The molecule has 2 saturated heterocycles. The fourth-order valence-corrected chi connectivity index (χ4v) is 7.76. The van der Waals surface area contributed by atoms with Crippen LogP contribution in [0, 0.1) is 39.3 Å². The molecule has 0 radical (unpaired) electrons. The van der Waals surface area contributed by atoms with Gasteiger partial charge in [0, 0.05) is 66.4 Å². The monoisotopic (exact) mass is 782 g/mol. The lowest BCUT2D eigenvalue weighted by Crippen LogP contribution is -2.33. The zero-order valence-corrected chi connectivity index (χ0v) is 33.1. The fraction of sp³-hybridized carbons (Fsp3) is 0.395. The number of aromatic amines is 2. The minimum Gasteiger partial charge on any atom is -0.364 e. The van der Waals surface area contributed by atoms with Crippen LogP contribution in [0.2, 0.25) is 0 Å². The molecule has 0 atom stereocenters. The highest BCUT2D eigenvalue weighted by Crippen LogP contribution is 2.34. The summed E-state index contributed by atoms with van der Waals surface area (Å²) in [7, 11) is 0. The summed E-state index contributed by atoms with van der Waals surface area (Å²) in [5.74, 6) is -1.12. The second kappa shape index (κ2) is 18.6. The average Bonchev–Trinajstić information content (AvgIpc) is 4.04. The first kappa shape index (κ1) is 41.0. The van der Waals surface area contributed by atoms with E-state index < -0.39 is 5.82 Å². The van der Waals surface area contributed by atoms with Crippen molar-refractivity contribution >= 4 is 46.7 Å². The molecule has 4 aliphatic heterocycles. The van der Waals surface area contributed by atoms with Gasteiger partial charge in [-0.25, -0.2) is 8.78 Å². The second-order valence-electron chi connectivity index (χ2n) is 15.0. The van der Waals surface area contributed by atoms with Crippen LogP contribution in [0.5, 0.6) is 0 Å². The SMILES string of the molecule is Cc1[nH]c(/C=C2\C(=O)Nc3ccc(F)cc32)c(C)c1C(=O)NCCN1CCCC1.Cc1c[nH]c(C)c1C(=O)NCCN1CCCC1.O=C1Cc2cc(F)ccc2N1. The molecule has 2 aromatic heterocycles. The van der Waals surface area contributed by atoms with Crippen LogP contribution in [0.3, 0.4) is 0 Å². The van der Waals surface area contributed by atoms with Gasteiger partial charge in [-0.2, -0.15) is 0 Å². The van der Waals surface area contributed by atoms with Crippen molar-refractivity contribution in [3.05, 3.63) is 105 Å². The average molecular weight is 783 g/mol. The molecule has 302 valence electrons. The predicted molar refractivity (Wildman–Crippen MR) is 218 cm³/mol. The van der Waals surface area contributed by atoms with Crippen molar-refractivity contribution in [2.45, 2.75) is 59.8 Å². The molecule has 2 fully saturated rings. The molecule has 0 bridgehead atoms. The van der Waals surface area contributed by atoms with Crippen LogP contribution >= 0.6 is 0 Å². The Hall–Kier alpha value is -5.60. The molecule has 6 N–H and O–H groups in total. The largest absolute Gasteiger partial charge is 0.364 e. The van der Waals surface area contributed by atoms with Crippen LogP contribution in [-0.4, -0.2) is 95.8 Å². The van der Waals surface area contributed by atoms with Crippen molar-refractivity contribution in [2.75, 3.05) is 63.0 Å². The first-order valence-corrected chi connectivity index (χ1v) is 19.6. The molecule has 2 aromatic carbocycles. The highest BCUT2D eigenvalue weighted by atomic mass is 19.1. The number of likely N-dealkylation sites (tertiary alicyclic amines) is 2. The van der Waals surface area contributed by atoms with Crippen molar-refractivity contribution in [1.82, 2.24) is 30.4 Å². The Morgan fingerprint density at radius 3 is 1.93 bits per heavy atom. The van der Waals surface area contributed by atoms with Gasteiger partial charge in [-0.1, -0.05) is 0 Å². The number of amides is 4. The third kappa shape index (κ3) is 10.2. The summed E-state index contributed by atoms with van der Waals surface area (Å²) in [5.41, 5.74) is 8.51. The molecular formula is C43H52F2N8O4. The van der Waals surface area contributed by atoms with Gasteiger partial charge in [0.1, 0.15) is 11.6 Å². The third-order valence-corrected chi connectivity index (χ3v) is 10.8. The number of hydrogen-bond donors (Lipinski definition) is 6. The number of carbonyl (C=O) groups excluding carboxylic acids is 4. The van der Waals surface area contributed by atoms with Crippen molar-refractivity contribution in [3.8, 4) is 0 Å². The third-order valence-electron chi connectivity index (χ3n) is 10.8. The second-order valence-corrected chi connectivity index (χ2v) is 15.0. The van der Waals surface area contributed by atoms with Crippen LogP contribution in [0.4, 0.5) is 20.2 Å². The number of benzene rings is 2. The van der Waals surface area contributed by atoms with Gasteiger partial charge in [-0.3, -0.25) is 19.2 Å². The number of halogens is 2. The molecule has 0 saturated carbocycles. The number of carbonyl (C=O) groups is 4. The van der Waals surface area contributed by atoms with Crippen LogP contribution in [0.25, 0.3) is 11.6 Å². The van der Waals surface area contributed by atoms with Crippen molar-refractivity contribution in [1.29, 1.82) is 0 Å². The Morgan fingerprint density at radius 2 is 1.33 bits per heavy atom. The smallest absolute Gasteiger partial charge is 0.256 e. The minimum absolute atomic E-state index is 0.0421. The normalized spacial score (nSPS) is 16.6. The van der Waals surface area contributed by atoms with Gasteiger partial charge in [0.05, 0.1) is 23.1 Å². The van der Waals surface area contributed by atoms with E-state index in [-0.39, 0.29) is 29.4 Å². The Balaban J connectivity index is 0.000000164. The molecule has 0 aliphatic carbocycles. The van der Waals surface area contributed by atoms with E-state index in [2.05, 4.69) is 41.0 Å². The van der Waals surface area contributed by atoms with Crippen LogP contribution in [-0.2, 0) is 16.0 Å². The van der Waals surface area contributed by atoms with E-state index in [1.807, 2.05) is 33.9 Å². The summed E-state index contributed by atoms with van der Waals surface area (Å²) in [6.07, 6.45) is 8.90. The summed E-state index contributed by atoms with van der Waals surface area (Å²) < 4.78 is 26.2. The lowest BCUT2D eigenvalue weighted by atomic mass is 10.0. The molecule has 6 heterocycles. The summed E-state index contributed by atoms with van der Waals surface area (Å²) in [5, 5.41) is 11.3. The maximum Gasteiger partial charge on any atom is 0.256 e. The number of nitrogens with zero attached hydrogens (tertiary/aromatic N) is 2. The Bertz CT molecular complexity index is 2140. The molecule has 57 heavy (non-hydrogen) atoms. The quantitative estimate of drug-likeness (QED) is 0.117. The number of nitrogens with one attached hydrogen (secondary N) is 6. The van der Waals surface area contributed by atoms with Gasteiger partial charge >= 0.3 is 0 Å². The molecule has 0 spiro atoms. The highest BCUT2D eigenvalue weighted by Gasteiger charge is 2.26. The zero-order valence-electron chi connectivity index (χ0n) is 33.1. The molecule has 8 rings (SSSR count). The number of H-pyrrole nitrogens is 2. The van der Waals surface area contributed by atoms with Gasteiger partial charge in [0.2, 0.25) is 5.91 Å². The van der Waals surface area contributed by atoms with Gasteiger partial charge in [0.25, 0.3) is 17.7 Å². The number of aromatic nitrogens is 2.